The Morgan fingerprint density at radius 2 is 1.78 bits per heavy atom. The molecule has 3 rings (SSSR count). The summed E-state index contributed by atoms with van der Waals surface area (Å²) in [4.78, 5) is 21.2. The number of para-hydroxylation sites is 1. The predicted octanol–water partition coefficient (Wildman–Crippen LogP) is 4.74. The Hall–Kier alpha value is -2.92. The molecule has 0 radical (unpaired) electrons. The van der Waals surface area contributed by atoms with Crippen LogP contribution in [-0.2, 0) is 6.42 Å². The third-order valence-electron chi connectivity index (χ3n) is 3.98. The third kappa shape index (κ3) is 5.53. The van der Waals surface area contributed by atoms with E-state index in [4.69, 9.17) is 11.6 Å². The number of aryl methyl sites for hydroxylation is 2. The van der Waals surface area contributed by atoms with Gasteiger partial charge in [0.1, 0.15) is 5.69 Å². The molecule has 0 spiro atoms. The Bertz CT molecular complexity index is 915. The van der Waals surface area contributed by atoms with Crippen molar-refractivity contribution in [3.05, 3.63) is 82.6 Å². The fraction of sp³-hybridized carbons (Fsp3) is 0.190. The second-order valence-corrected chi connectivity index (χ2v) is 6.58. The van der Waals surface area contributed by atoms with Crippen molar-refractivity contribution in [2.45, 2.75) is 19.8 Å². The molecule has 5 nitrogen and oxygen atoms in total. The lowest BCUT2D eigenvalue weighted by Crippen LogP contribution is -2.16. The molecular formula is C21H21ClN4O. The van der Waals surface area contributed by atoms with E-state index in [9.17, 15) is 4.79 Å². The van der Waals surface area contributed by atoms with Crippen molar-refractivity contribution < 1.29 is 4.79 Å². The van der Waals surface area contributed by atoms with E-state index in [1.54, 1.807) is 18.2 Å². The average molecular weight is 381 g/mol. The van der Waals surface area contributed by atoms with Crippen LogP contribution in [0.5, 0.6) is 0 Å². The van der Waals surface area contributed by atoms with Crippen molar-refractivity contribution in [1.29, 1.82) is 0 Å². The van der Waals surface area contributed by atoms with E-state index in [2.05, 4.69) is 32.7 Å². The number of hydrogen-bond acceptors (Lipinski definition) is 4. The van der Waals surface area contributed by atoms with Crippen LogP contribution in [0, 0.1) is 6.92 Å². The lowest BCUT2D eigenvalue weighted by molar-refractivity contribution is 0.102. The highest BCUT2D eigenvalue weighted by atomic mass is 35.5. The minimum absolute atomic E-state index is 0.299. The third-order valence-corrected chi connectivity index (χ3v) is 4.31. The summed E-state index contributed by atoms with van der Waals surface area (Å²) in [5.41, 5.74) is 2.87. The fourth-order valence-corrected chi connectivity index (χ4v) is 2.83. The molecule has 0 aliphatic rings. The van der Waals surface area contributed by atoms with Crippen LogP contribution in [-0.4, -0.2) is 22.4 Å². The van der Waals surface area contributed by atoms with Crippen molar-refractivity contribution in [2.24, 2.45) is 0 Å². The number of nitrogens with zero attached hydrogens (tertiary/aromatic N) is 2. The first-order valence-corrected chi connectivity index (χ1v) is 9.19. The second-order valence-electron chi connectivity index (χ2n) is 6.17. The van der Waals surface area contributed by atoms with Crippen LogP contribution in [0.2, 0.25) is 5.02 Å². The van der Waals surface area contributed by atoms with E-state index in [0.717, 1.165) is 25.1 Å². The predicted molar refractivity (Wildman–Crippen MR) is 109 cm³/mol. The van der Waals surface area contributed by atoms with Crippen LogP contribution in [0.1, 0.15) is 28.2 Å². The zero-order valence-corrected chi connectivity index (χ0v) is 15.8. The Morgan fingerprint density at radius 3 is 2.56 bits per heavy atom. The van der Waals surface area contributed by atoms with Crippen molar-refractivity contribution in [2.75, 3.05) is 17.2 Å². The van der Waals surface area contributed by atoms with Crippen LogP contribution in [0.3, 0.4) is 0 Å². The van der Waals surface area contributed by atoms with E-state index in [1.165, 1.54) is 5.56 Å². The maximum atomic E-state index is 12.5. The average Bonchev–Trinajstić information content (AvgIpc) is 2.67. The monoisotopic (exact) mass is 380 g/mol. The van der Waals surface area contributed by atoms with Gasteiger partial charge in [-0.25, -0.2) is 9.97 Å². The summed E-state index contributed by atoms with van der Waals surface area (Å²) >= 11 is 6.09. The first-order chi connectivity index (χ1) is 13.1. The van der Waals surface area contributed by atoms with Gasteiger partial charge in [-0.15, -0.1) is 0 Å². The summed E-state index contributed by atoms with van der Waals surface area (Å²) in [6.07, 6.45) is 1.92. The maximum Gasteiger partial charge on any atom is 0.274 e. The van der Waals surface area contributed by atoms with Gasteiger partial charge in [-0.2, -0.15) is 0 Å². The van der Waals surface area contributed by atoms with E-state index in [1.807, 2.05) is 37.3 Å². The molecule has 138 valence electrons. The SMILES string of the molecule is Cc1cc(C(=O)Nc2ccccc2Cl)nc(NCCCc2ccccc2)n1. The zero-order valence-electron chi connectivity index (χ0n) is 15.1. The minimum atomic E-state index is -0.319. The lowest BCUT2D eigenvalue weighted by Gasteiger charge is -2.10. The van der Waals surface area contributed by atoms with Gasteiger partial charge in [0.2, 0.25) is 5.95 Å². The van der Waals surface area contributed by atoms with Gasteiger partial charge in [0.25, 0.3) is 5.91 Å². The first-order valence-electron chi connectivity index (χ1n) is 8.81. The Balaban J connectivity index is 1.60. The van der Waals surface area contributed by atoms with Gasteiger partial charge >= 0.3 is 0 Å². The van der Waals surface area contributed by atoms with Crippen LogP contribution < -0.4 is 10.6 Å². The highest BCUT2D eigenvalue weighted by Gasteiger charge is 2.12. The summed E-state index contributed by atoms with van der Waals surface area (Å²) in [5, 5.41) is 6.46. The van der Waals surface area contributed by atoms with Gasteiger partial charge in [-0.1, -0.05) is 54.1 Å². The molecule has 1 heterocycles. The molecule has 0 bridgehead atoms. The number of rotatable bonds is 7. The summed E-state index contributed by atoms with van der Waals surface area (Å²) < 4.78 is 0. The van der Waals surface area contributed by atoms with Gasteiger partial charge < -0.3 is 10.6 Å². The molecule has 0 aliphatic heterocycles. The summed E-state index contributed by atoms with van der Waals surface area (Å²) in [6, 6.07) is 19.1. The number of amides is 1. The fourth-order valence-electron chi connectivity index (χ4n) is 2.65. The first kappa shape index (κ1) is 18.9. The van der Waals surface area contributed by atoms with Crippen LogP contribution in [0.25, 0.3) is 0 Å². The quantitative estimate of drug-likeness (QED) is 0.581. The van der Waals surface area contributed by atoms with Crippen molar-refractivity contribution in [1.82, 2.24) is 9.97 Å². The number of carbonyl (C=O) groups excluding carboxylic acids is 1. The number of hydrogen-bond donors (Lipinski definition) is 2. The Labute approximate surface area is 163 Å². The highest BCUT2D eigenvalue weighted by molar-refractivity contribution is 6.33. The number of halogens is 1. The van der Waals surface area contributed by atoms with Gasteiger partial charge in [0.05, 0.1) is 10.7 Å². The van der Waals surface area contributed by atoms with E-state index in [0.29, 0.717) is 22.4 Å². The van der Waals surface area contributed by atoms with Crippen molar-refractivity contribution in [3.63, 3.8) is 0 Å². The number of nitrogens with one attached hydrogen (secondary N) is 2. The highest BCUT2D eigenvalue weighted by Crippen LogP contribution is 2.21. The van der Waals surface area contributed by atoms with Gasteiger partial charge in [0.15, 0.2) is 0 Å². The van der Waals surface area contributed by atoms with E-state index in [-0.39, 0.29) is 5.91 Å². The lowest BCUT2D eigenvalue weighted by atomic mass is 10.1. The molecule has 3 aromatic rings. The number of carbonyl (C=O) groups is 1. The van der Waals surface area contributed by atoms with Crippen LogP contribution >= 0.6 is 11.6 Å². The maximum absolute atomic E-state index is 12.5. The van der Waals surface area contributed by atoms with Crippen molar-refractivity contribution in [3.8, 4) is 0 Å². The number of benzene rings is 2. The molecule has 1 amide bonds. The van der Waals surface area contributed by atoms with E-state index < -0.39 is 0 Å². The van der Waals surface area contributed by atoms with Crippen LogP contribution in [0.4, 0.5) is 11.6 Å². The molecule has 0 aliphatic carbocycles. The molecule has 0 unspecified atom stereocenters. The molecule has 0 saturated carbocycles. The topological polar surface area (TPSA) is 66.9 Å². The standard InChI is InChI=1S/C21H21ClN4O/c1-15-14-19(20(27)25-18-12-6-5-11-17(18)22)26-21(24-15)23-13-7-10-16-8-3-2-4-9-16/h2-6,8-9,11-12,14H,7,10,13H2,1H3,(H,25,27)(H,23,24,26). The normalized spacial score (nSPS) is 10.4. The largest absolute Gasteiger partial charge is 0.354 e. The Kier molecular flexibility index (Phi) is 6.39. The van der Waals surface area contributed by atoms with Gasteiger partial charge in [-0.05, 0) is 43.5 Å². The summed E-state index contributed by atoms with van der Waals surface area (Å²) in [7, 11) is 0. The van der Waals surface area contributed by atoms with Gasteiger partial charge in [0, 0.05) is 12.2 Å². The van der Waals surface area contributed by atoms with E-state index >= 15 is 0 Å². The molecule has 0 saturated heterocycles. The summed E-state index contributed by atoms with van der Waals surface area (Å²) in [5.74, 6) is 0.133. The number of anilines is 2. The molecule has 0 fully saturated rings. The molecule has 6 heteroatoms. The molecule has 1 aromatic heterocycles. The molecule has 0 atom stereocenters. The zero-order chi connectivity index (χ0) is 19.1. The number of aromatic nitrogens is 2. The molecule has 2 N–H and O–H groups in total. The molecule has 27 heavy (non-hydrogen) atoms. The Morgan fingerprint density at radius 1 is 1.04 bits per heavy atom. The summed E-state index contributed by atoms with van der Waals surface area (Å²) in [6.45, 7) is 2.56. The smallest absolute Gasteiger partial charge is 0.274 e. The second kappa shape index (κ2) is 9.14. The molecule has 2 aromatic carbocycles. The minimum Gasteiger partial charge on any atom is -0.354 e. The molecular weight excluding hydrogens is 360 g/mol. The van der Waals surface area contributed by atoms with Gasteiger partial charge in [-0.3, -0.25) is 4.79 Å². The van der Waals surface area contributed by atoms with Crippen LogP contribution in [0.15, 0.2) is 60.7 Å². The van der Waals surface area contributed by atoms with Crippen molar-refractivity contribution >= 4 is 29.1 Å².